The molecule has 1 fully saturated rings. The number of fused-ring (bicyclic) bond motifs is 1. The molecule has 1 N–H and O–H groups in total. The van der Waals surface area contributed by atoms with Crippen molar-refractivity contribution in [1.29, 1.82) is 0 Å². The van der Waals surface area contributed by atoms with Gasteiger partial charge in [-0.1, -0.05) is 32.2 Å². The number of hydrogen-bond acceptors (Lipinski definition) is 7. The van der Waals surface area contributed by atoms with Crippen molar-refractivity contribution < 1.29 is 37.9 Å². The molecule has 1 aromatic carbocycles. The molecule has 2 amide bonds. The predicted molar refractivity (Wildman–Crippen MR) is 146 cm³/mol. The second-order valence-electron chi connectivity index (χ2n) is 10.0. The first kappa shape index (κ1) is 30.4. The van der Waals surface area contributed by atoms with E-state index in [1.54, 1.807) is 29.2 Å². The van der Waals surface area contributed by atoms with Crippen molar-refractivity contribution >= 4 is 30.2 Å². The number of carbonyl (C=O) groups is 2. The molecule has 1 aliphatic carbocycles. The van der Waals surface area contributed by atoms with Crippen LogP contribution in [-0.2, 0) is 17.7 Å². The summed E-state index contributed by atoms with van der Waals surface area (Å²) in [5.74, 6) is 1.04. The van der Waals surface area contributed by atoms with Gasteiger partial charge in [0.15, 0.2) is 0 Å². The molecule has 2 aliphatic rings. The van der Waals surface area contributed by atoms with Crippen molar-refractivity contribution in [3.63, 3.8) is 0 Å². The monoisotopic (exact) mass is 524 g/mol. The molecule has 0 atom stereocenters. The zero-order valence-electron chi connectivity index (χ0n) is 23.3. The summed E-state index contributed by atoms with van der Waals surface area (Å²) in [6.07, 6.45) is 11.8. The molecular weight excluding hydrogens is 489 g/mol. The van der Waals surface area contributed by atoms with Crippen LogP contribution >= 0.6 is 0 Å². The van der Waals surface area contributed by atoms with E-state index in [-0.39, 0.29) is 37.0 Å². The van der Waals surface area contributed by atoms with E-state index in [0.717, 1.165) is 49.7 Å². The zero-order valence-corrected chi connectivity index (χ0v) is 23.3. The Morgan fingerprint density at radius 3 is 2.72 bits per heavy atom. The Morgan fingerprint density at radius 2 is 1.97 bits per heavy atom. The largest absolute Gasteiger partial charge is 1.00 e. The number of rotatable bonds is 9. The van der Waals surface area contributed by atoms with Crippen LogP contribution < -0.4 is 28.9 Å². The number of nitrogens with one attached hydrogen (secondary N) is 1. The van der Waals surface area contributed by atoms with Crippen LogP contribution in [0.2, 0.25) is 0 Å². The minimum Gasteiger partial charge on any atom is -0.496 e. The van der Waals surface area contributed by atoms with Gasteiger partial charge in [-0.25, -0.2) is 4.79 Å². The summed E-state index contributed by atoms with van der Waals surface area (Å²) in [4.78, 5) is 32.0. The maximum atomic E-state index is 13.2. The summed E-state index contributed by atoms with van der Waals surface area (Å²) in [5.41, 5.74) is 2.76. The maximum absolute atomic E-state index is 13.2. The Labute approximate surface area is 242 Å². The predicted octanol–water partition coefficient (Wildman–Crippen LogP) is 2.38. The van der Waals surface area contributed by atoms with Gasteiger partial charge in [-0.2, -0.15) is 12.5 Å². The molecule has 0 radical (unpaired) electrons. The third-order valence-electron chi connectivity index (χ3n) is 6.72. The van der Waals surface area contributed by atoms with E-state index in [9.17, 15) is 9.59 Å². The Kier molecular flexibility index (Phi) is 11.6. The Morgan fingerprint density at radius 1 is 1.18 bits per heavy atom. The molecule has 2 aromatic rings. The van der Waals surface area contributed by atoms with Crippen molar-refractivity contribution in [2.24, 2.45) is 16.1 Å². The van der Waals surface area contributed by atoms with Gasteiger partial charge in [0.1, 0.15) is 17.7 Å². The van der Waals surface area contributed by atoms with E-state index < -0.39 is 0 Å². The van der Waals surface area contributed by atoms with Crippen LogP contribution in [0.4, 0.5) is 10.6 Å². The number of carbonyl (C=O) groups excluding carboxylic acids is 2. The second kappa shape index (κ2) is 14.9. The number of anilines is 1. The van der Waals surface area contributed by atoms with Crippen LogP contribution in [0, 0.1) is 5.92 Å². The molecule has 1 saturated carbocycles. The molecule has 10 heteroatoms. The van der Waals surface area contributed by atoms with E-state index in [2.05, 4.69) is 46.8 Å². The van der Waals surface area contributed by atoms with Crippen LogP contribution in [0.1, 0.15) is 79.6 Å². The molecule has 1 aromatic heterocycles. The van der Waals surface area contributed by atoms with Gasteiger partial charge in [-0.15, -0.1) is 6.07 Å². The summed E-state index contributed by atoms with van der Waals surface area (Å²) >= 11 is 0. The van der Waals surface area contributed by atoms with Gasteiger partial charge in [-0.3, -0.25) is 9.78 Å². The fraction of sp³-hybridized carbons (Fsp3) is 0.483. The molecule has 202 valence electrons. The fourth-order valence-corrected chi connectivity index (χ4v) is 4.58. The Balaban J connectivity index is 0.00000420. The number of ether oxygens (including phenoxy) is 2. The molecule has 0 saturated heterocycles. The van der Waals surface area contributed by atoms with Crippen molar-refractivity contribution in [3.05, 3.63) is 52.7 Å². The third kappa shape index (κ3) is 8.67. The number of hydrogen-bond donors (Lipinski definition) is 1. The minimum atomic E-state index is -0.364. The summed E-state index contributed by atoms with van der Waals surface area (Å²) in [6.45, 7) is 5.24. The minimum absolute atomic E-state index is 0. The third-order valence-corrected chi connectivity index (χ3v) is 6.72. The number of nitrogens with zero attached hydrogens (tertiary/aromatic N) is 4. The van der Waals surface area contributed by atoms with Crippen molar-refractivity contribution in [1.82, 2.24) is 9.88 Å². The van der Waals surface area contributed by atoms with E-state index >= 15 is 0 Å². The molecule has 4 rings (SSSR count). The molecular formula is C29H35LiN5O4-. The molecule has 0 bridgehead atoms. The number of benzene rings is 1. The second-order valence-corrected chi connectivity index (χ2v) is 10.0. The van der Waals surface area contributed by atoms with Gasteiger partial charge in [0, 0.05) is 13.1 Å². The van der Waals surface area contributed by atoms with Gasteiger partial charge in [0.25, 0.3) is 5.91 Å². The van der Waals surface area contributed by atoms with Crippen molar-refractivity contribution in [2.45, 2.75) is 71.4 Å². The number of aromatic nitrogens is 1. The molecule has 39 heavy (non-hydrogen) atoms. The van der Waals surface area contributed by atoms with E-state index in [1.807, 2.05) is 6.07 Å². The Hall–Kier alpha value is -3.15. The Bertz CT molecular complexity index is 1190. The maximum Gasteiger partial charge on any atom is 1.00 e. The average Bonchev–Trinajstić information content (AvgIpc) is 3.42. The van der Waals surface area contributed by atoms with Crippen molar-refractivity contribution in [2.75, 3.05) is 19.0 Å². The van der Waals surface area contributed by atoms with E-state index in [0.29, 0.717) is 48.3 Å². The van der Waals surface area contributed by atoms with E-state index in [1.165, 1.54) is 7.11 Å². The first-order valence-corrected chi connectivity index (χ1v) is 13.2. The first-order valence-electron chi connectivity index (χ1n) is 13.2. The molecule has 2 heterocycles. The summed E-state index contributed by atoms with van der Waals surface area (Å²) in [7, 11) is 1.54. The number of pyridine rings is 1. The molecule has 9 nitrogen and oxygen atoms in total. The zero-order chi connectivity index (χ0) is 26.9. The van der Waals surface area contributed by atoms with Crippen LogP contribution in [0.25, 0.3) is 0 Å². The van der Waals surface area contributed by atoms with Gasteiger partial charge in [-0.05, 0) is 67.3 Å². The quantitative estimate of drug-likeness (QED) is 0.235. The molecule has 0 spiro atoms. The summed E-state index contributed by atoms with van der Waals surface area (Å²) in [5, 5.41) is 10.6. The molecule has 0 unspecified atom stereocenters. The smallest absolute Gasteiger partial charge is 0.496 e. The van der Waals surface area contributed by atoms with Crippen LogP contribution in [-0.4, -0.2) is 54.1 Å². The van der Waals surface area contributed by atoms with Gasteiger partial charge >= 0.3 is 25.0 Å². The van der Waals surface area contributed by atoms with Crippen LogP contribution in [0.15, 0.2) is 40.5 Å². The standard InChI is InChI=1S/C29H35N5O4.Li/c1-20(2)8-7-14-30-31-18-23-9-6-12-27(32-23)33-28(35)25-16-22-19-34(15-13-21(22)17-26(25)37-3)29(36)38-24-10-4-5-11-24;/h6,9,12,16-17,20,24H,4-5,7-8,10-11,13,15,19H2,1-3H3,(H,32,33,35);/q-2;+1. The number of methoxy groups -OCH3 is 1. The first-order chi connectivity index (χ1) is 18.4. The molecule has 1 aliphatic heterocycles. The van der Waals surface area contributed by atoms with Crippen molar-refractivity contribution in [3.8, 4) is 5.75 Å². The fourth-order valence-electron chi connectivity index (χ4n) is 4.58. The van der Waals surface area contributed by atoms with Crippen LogP contribution in [0.5, 0.6) is 5.75 Å². The van der Waals surface area contributed by atoms with Crippen LogP contribution in [0.3, 0.4) is 0 Å². The number of amides is 2. The van der Waals surface area contributed by atoms with Gasteiger partial charge < -0.3 is 36.1 Å². The van der Waals surface area contributed by atoms with E-state index in [4.69, 9.17) is 9.47 Å². The summed E-state index contributed by atoms with van der Waals surface area (Å²) < 4.78 is 11.2. The van der Waals surface area contributed by atoms with Gasteiger partial charge in [0.05, 0.1) is 12.7 Å². The topological polar surface area (TPSA) is 105 Å². The average molecular weight is 525 g/mol. The SMILES string of the molecule is COc1cc2c(cc1C(=O)Nc1cccc([C-]=NN=[C-]CCC(C)C)n1)CN(C(=O)OC1CCCC1)CC2.[Li+]. The van der Waals surface area contributed by atoms with Gasteiger partial charge in [0.2, 0.25) is 0 Å². The summed E-state index contributed by atoms with van der Waals surface area (Å²) in [6, 6.07) is 8.83. The normalized spacial score (nSPS) is 15.4.